The Hall–Kier alpha value is -2.61. The molecule has 3 aromatic rings. The van der Waals surface area contributed by atoms with Gasteiger partial charge in [0.05, 0.1) is 11.3 Å². The third-order valence-corrected chi connectivity index (χ3v) is 5.31. The van der Waals surface area contributed by atoms with Crippen molar-refractivity contribution in [3.05, 3.63) is 59.5 Å². The zero-order valence-corrected chi connectivity index (χ0v) is 15.8. The Labute approximate surface area is 165 Å². The maximum absolute atomic E-state index is 13.2. The molecule has 4 nitrogen and oxygen atoms in total. The standard InChI is InChI=1S/C21H21F4N3O/c22-16-6-7-18-19(26-29-20(18)14-16)5-2-8-27-9-11-28(12-10-27)17-4-1-3-15(13-17)21(23,24)25/h1,3-4,6-7,13-14H,2,5,8-12H2. The first-order valence-corrected chi connectivity index (χ1v) is 9.58. The van der Waals surface area contributed by atoms with Gasteiger partial charge in [0, 0.05) is 43.3 Å². The number of anilines is 1. The molecule has 0 amide bonds. The van der Waals surface area contributed by atoms with E-state index in [0.717, 1.165) is 49.6 Å². The van der Waals surface area contributed by atoms with Crippen LogP contribution in [-0.4, -0.2) is 42.8 Å². The van der Waals surface area contributed by atoms with E-state index in [9.17, 15) is 17.6 Å². The molecule has 1 aliphatic heterocycles. The van der Waals surface area contributed by atoms with Gasteiger partial charge in [-0.15, -0.1) is 0 Å². The summed E-state index contributed by atoms with van der Waals surface area (Å²) in [7, 11) is 0. The molecule has 0 unspecified atom stereocenters. The molecule has 154 valence electrons. The fourth-order valence-electron chi connectivity index (χ4n) is 3.72. The van der Waals surface area contributed by atoms with E-state index >= 15 is 0 Å². The van der Waals surface area contributed by atoms with Crippen molar-refractivity contribution in [2.45, 2.75) is 19.0 Å². The molecule has 8 heteroatoms. The number of benzene rings is 2. The molecule has 4 rings (SSSR count). The number of nitrogens with zero attached hydrogens (tertiary/aromatic N) is 3. The minimum absolute atomic E-state index is 0.348. The number of rotatable bonds is 5. The number of piperazine rings is 1. The molecule has 0 N–H and O–H groups in total. The molecule has 0 aliphatic carbocycles. The second kappa shape index (κ2) is 8.02. The van der Waals surface area contributed by atoms with E-state index in [1.807, 2.05) is 4.90 Å². The van der Waals surface area contributed by atoms with Gasteiger partial charge in [0.1, 0.15) is 5.82 Å². The molecule has 0 radical (unpaired) electrons. The largest absolute Gasteiger partial charge is 0.416 e. The molecule has 29 heavy (non-hydrogen) atoms. The van der Waals surface area contributed by atoms with E-state index < -0.39 is 11.7 Å². The van der Waals surface area contributed by atoms with Crippen molar-refractivity contribution in [2.75, 3.05) is 37.6 Å². The summed E-state index contributed by atoms with van der Waals surface area (Å²) >= 11 is 0. The predicted molar refractivity (Wildman–Crippen MR) is 102 cm³/mol. The molecule has 1 fully saturated rings. The summed E-state index contributed by atoms with van der Waals surface area (Å²) in [5, 5.41) is 4.87. The van der Waals surface area contributed by atoms with E-state index in [4.69, 9.17) is 4.52 Å². The van der Waals surface area contributed by atoms with Crippen LogP contribution in [0.4, 0.5) is 23.2 Å². The first-order chi connectivity index (χ1) is 13.9. The van der Waals surface area contributed by atoms with E-state index in [-0.39, 0.29) is 5.82 Å². The molecule has 0 bridgehead atoms. The van der Waals surface area contributed by atoms with Crippen LogP contribution in [0.15, 0.2) is 47.0 Å². The van der Waals surface area contributed by atoms with Crippen LogP contribution >= 0.6 is 0 Å². The van der Waals surface area contributed by atoms with Crippen LogP contribution < -0.4 is 4.90 Å². The molecule has 1 aliphatic rings. The van der Waals surface area contributed by atoms with Gasteiger partial charge in [-0.1, -0.05) is 11.2 Å². The minimum atomic E-state index is -4.32. The highest BCUT2D eigenvalue weighted by Gasteiger charge is 2.31. The second-order valence-electron chi connectivity index (χ2n) is 7.25. The Kier molecular flexibility index (Phi) is 5.45. The number of aryl methyl sites for hydroxylation is 1. The Morgan fingerprint density at radius 3 is 2.55 bits per heavy atom. The number of fused-ring (bicyclic) bond motifs is 1. The molecule has 1 aromatic heterocycles. The topological polar surface area (TPSA) is 32.5 Å². The fourth-order valence-corrected chi connectivity index (χ4v) is 3.72. The van der Waals surface area contributed by atoms with Gasteiger partial charge in [-0.05, 0) is 49.7 Å². The predicted octanol–water partition coefficient (Wildman–Crippen LogP) is 4.74. The summed E-state index contributed by atoms with van der Waals surface area (Å²) in [6.45, 7) is 3.83. The van der Waals surface area contributed by atoms with Gasteiger partial charge in [0.15, 0.2) is 5.58 Å². The number of hydrogen-bond acceptors (Lipinski definition) is 4. The van der Waals surface area contributed by atoms with Crippen molar-refractivity contribution in [3.8, 4) is 0 Å². The Bertz CT molecular complexity index is 977. The molecule has 0 atom stereocenters. The zero-order valence-electron chi connectivity index (χ0n) is 15.8. The van der Waals surface area contributed by atoms with Gasteiger partial charge in [0.25, 0.3) is 0 Å². The van der Waals surface area contributed by atoms with Crippen LogP contribution in [0.1, 0.15) is 17.7 Å². The Balaban J connectivity index is 1.28. The van der Waals surface area contributed by atoms with Crippen molar-refractivity contribution in [3.63, 3.8) is 0 Å². The Morgan fingerprint density at radius 1 is 1.00 bits per heavy atom. The molecule has 1 saturated heterocycles. The third kappa shape index (κ3) is 4.53. The maximum atomic E-state index is 13.2. The van der Waals surface area contributed by atoms with Crippen molar-refractivity contribution in [2.24, 2.45) is 0 Å². The van der Waals surface area contributed by atoms with E-state index in [1.54, 1.807) is 12.1 Å². The lowest BCUT2D eigenvalue weighted by Crippen LogP contribution is -2.46. The smallest absolute Gasteiger partial charge is 0.369 e. The molecule has 2 aromatic carbocycles. The molecule has 0 saturated carbocycles. The van der Waals surface area contributed by atoms with Crippen LogP contribution in [0.2, 0.25) is 0 Å². The van der Waals surface area contributed by atoms with Gasteiger partial charge in [-0.25, -0.2) is 4.39 Å². The lowest BCUT2D eigenvalue weighted by molar-refractivity contribution is -0.137. The van der Waals surface area contributed by atoms with Gasteiger partial charge in [0.2, 0.25) is 0 Å². The van der Waals surface area contributed by atoms with E-state index in [1.165, 1.54) is 24.3 Å². The van der Waals surface area contributed by atoms with Crippen LogP contribution in [0.25, 0.3) is 11.0 Å². The lowest BCUT2D eigenvalue weighted by atomic mass is 10.1. The molecular formula is C21H21F4N3O. The first-order valence-electron chi connectivity index (χ1n) is 9.58. The zero-order chi connectivity index (χ0) is 20.4. The highest BCUT2D eigenvalue weighted by Crippen LogP contribution is 2.32. The SMILES string of the molecule is Fc1ccc2c(CCCN3CCN(c4cccc(C(F)(F)F)c4)CC3)noc2c1. The van der Waals surface area contributed by atoms with Crippen LogP contribution in [0.5, 0.6) is 0 Å². The average molecular weight is 407 g/mol. The van der Waals surface area contributed by atoms with Crippen molar-refractivity contribution >= 4 is 16.7 Å². The van der Waals surface area contributed by atoms with Gasteiger partial charge >= 0.3 is 6.18 Å². The van der Waals surface area contributed by atoms with Crippen LogP contribution in [0.3, 0.4) is 0 Å². The second-order valence-corrected chi connectivity index (χ2v) is 7.25. The highest BCUT2D eigenvalue weighted by atomic mass is 19.4. The van der Waals surface area contributed by atoms with Gasteiger partial charge in [-0.2, -0.15) is 13.2 Å². The number of aromatic nitrogens is 1. The number of hydrogen-bond donors (Lipinski definition) is 0. The number of halogens is 4. The van der Waals surface area contributed by atoms with Crippen molar-refractivity contribution < 1.29 is 22.1 Å². The molecule has 0 spiro atoms. The van der Waals surface area contributed by atoms with E-state index in [0.29, 0.717) is 24.4 Å². The minimum Gasteiger partial charge on any atom is -0.369 e. The summed E-state index contributed by atoms with van der Waals surface area (Å²) in [5.41, 5.74) is 1.27. The van der Waals surface area contributed by atoms with Crippen LogP contribution in [0, 0.1) is 5.82 Å². The summed E-state index contributed by atoms with van der Waals surface area (Å²) < 4.78 is 57.1. The van der Waals surface area contributed by atoms with Gasteiger partial charge in [-0.3, -0.25) is 4.90 Å². The summed E-state index contributed by atoms with van der Waals surface area (Å²) in [4.78, 5) is 4.29. The summed E-state index contributed by atoms with van der Waals surface area (Å²) in [6.07, 6.45) is -2.72. The monoisotopic (exact) mass is 407 g/mol. The third-order valence-electron chi connectivity index (χ3n) is 5.31. The Morgan fingerprint density at radius 2 is 1.79 bits per heavy atom. The average Bonchev–Trinajstić information content (AvgIpc) is 3.10. The molecule has 2 heterocycles. The summed E-state index contributed by atoms with van der Waals surface area (Å²) in [6, 6.07) is 9.91. The highest BCUT2D eigenvalue weighted by molar-refractivity contribution is 5.79. The fraction of sp³-hybridized carbons (Fsp3) is 0.381. The van der Waals surface area contributed by atoms with E-state index in [2.05, 4.69) is 10.1 Å². The lowest BCUT2D eigenvalue weighted by Gasteiger charge is -2.36. The molecular weight excluding hydrogens is 386 g/mol. The summed E-state index contributed by atoms with van der Waals surface area (Å²) in [5.74, 6) is -0.348. The van der Waals surface area contributed by atoms with Crippen molar-refractivity contribution in [1.29, 1.82) is 0 Å². The maximum Gasteiger partial charge on any atom is 0.416 e. The van der Waals surface area contributed by atoms with Crippen LogP contribution in [-0.2, 0) is 12.6 Å². The quantitative estimate of drug-likeness (QED) is 0.572. The number of alkyl halides is 3. The first kappa shape index (κ1) is 19.7. The van der Waals surface area contributed by atoms with Crippen molar-refractivity contribution in [1.82, 2.24) is 10.1 Å². The normalized spacial score (nSPS) is 15.9. The van der Waals surface area contributed by atoms with Gasteiger partial charge < -0.3 is 9.42 Å².